The van der Waals surface area contributed by atoms with Gasteiger partial charge in [0.1, 0.15) is 5.82 Å². The summed E-state index contributed by atoms with van der Waals surface area (Å²) in [6.45, 7) is 5.71. The van der Waals surface area contributed by atoms with Gasteiger partial charge in [0, 0.05) is 32.4 Å². The van der Waals surface area contributed by atoms with Gasteiger partial charge in [-0.25, -0.2) is 9.67 Å². The number of anilines is 1. The number of Topliss-reactive ketones (excluding diaryl/α,β-unsaturated/α-hetero) is 1. The Kier molecular flexibility index (Phi) is 5.55. The zero-order valence-electron chi connectivity index (χ0n) is 16.9. The number of hydrogen-bond acceptors (Lipinski definition) is 5. The molecule has 2 aromatic heterocycles. The van der Waals surface area contributed by atoms with E-state index in [1.165, 1.54) is 0 Å². The Balaban J connectivity index is 1.48. The largest absolute Gasteiger partial charge is 0.353 e. The van der Waals surface area contributed by atoms with E-state index in [4.69, 9.17) is 11.6 Å². The zero-order chi connectivity index (χ0) is 21.3. The van der Waals surface area contributed by atoms with Gasteiger partial charge in [-0.3, -0.25) is 9.59 Å². The van der Waals surface area contributed by atoms with Crippen LogP contribution in [0, 0.1) is 13.8 Å². The van der Waals surface area contributed by atoms with Crippen molar-refractivity contribution in [3.05, 3.63) is 70.6 Å². The SMILES string of the molecule is Cc1nn(-c2ccccc2)c(C)c1C(=O)C(=O)N1CCN(c2ccc(Cl)cn2)CC1. The van der Waals surface area contributed by atoms with Crippen LogP contribution in [0.1, 0.15) is 21.7 Å². The number of nitrogens with zero attached hydrogens (tertiary/aromatic N) is 5. The van der Waals surface area contributed by atoms with Crippen molar-refractivity contribution in [2.45, 2.75) is 13.8 Å². The zero-order valence-corrected chi connectivity index (χ0v) is 17.6. The lowest BCUT2D eigenvalue weighted by atomic mass is 10.1. The second kappa shape index (κ2) is 8.28. The first-order valence-electron chi connectivity index (χ1n) is 9.77. The summed E-state index contributed by atoms with van der Waals surface area (Å²) in [5.74, 6) is -0.184. The van der Waals surface area contributed by atoms with Gasteiger partial charge in [-0.1, -0.05) is 29.8 Å². The molecule has 0 aliphatic carbocycles. The third kappa shape index (κ3) is 3.80. The number of para-hydroxylation sites is 1. The first kappa shape index (κ1) is 20.1. The number of carbonyl (C=O) groups excluding carboxylic acids is 2. The molecule has 1 aliphatic rings. The van der Waals surface area contributed by atoms with E-state index < -0.39 is 11.7 Å². The molecule has 1 amide bonds. The number of aromatic nitrogens is 3. The van der Waals surface area contributed by atoms with Gasteiger partial charge >= 0.3 is 0 Å². The fraction of sp³-hybridized carbons (Fsp3) is 0.273. The van der Waals surface area contributed by atoms with Crippen LogP contribution in [-0.4, -0.2) is 57.5 Å². The summed E-state index contributed by atoms with van der Waals surface area (Å²) in [5, 5.41) is 5.07. The number of pyridine rings is 1. The molecular weight excluding hydrogens is 402 g/mol. The van der Waals surface area contributed by atoms with Crippen LogP contribution in [0.4, 0.5) is 5.82 Å². The van der Waals surface area contributed by atoms with Gasteiger partial charge in [-0.2, -0.15) is 5.10 Å². The average Bonchev–Trinajstić information content (AvgIpc) is 3.08. The van der Waals surface area contributed by atoms with Gasteiger partial charge in [0.2, 0.25) is 0 Å². The molecule has 1 aliphatic heterocycles. The van der Waals surface area contributed by atoms with Crippen molar-refractivity contribution in [1.29, 1.82) is 0 Å². The number of ketones is 1. The molecule has 3 heterocycles. The molecule has 154 valence electrons. The molecule has 0 spiro atoms. The second-order valence-electron chi connectivity index (χ2n) is 7.24. The van der Waals surface area contributed by atoms with Gasteiger partial charge in [0.15, 0.2) is 0 Å². The number of amides is 1. The molecular formula is C22H22ClN5O2. The highest BCUT2D eigenvalue weighted by Gasteiger charge is 2.31. The minimum atomic E-state index is -0.509. The van der Waals surface area contributed by atoms with Crippen LogP contribution in [0.5, 0.6) is 0 Å². The van der Waals surface area contributed by atoms with Crippen LogP contribution in [0.15, 0.2) is 48.7 Å². The smallest absolute Gasteiger partial charge is 0.295 e. The Bertz CT molecular complexity index is 1070. The van der Waals surface area contributed by atoms with Gasteiger partial charge < -0.3 is 9.80 Å². The molecule has 30 heavy (non-hydrogen) atoms. The average molecular weight is 424 g/mol. The van der Waals surface area contributed by atoms with Crippen molar-refractivity contribution in [3.63, 3.8) is 0 Å². The predicted molar refractivity (Wildman–Crippen MR) is 115 cm³/mol. The van der Waals surface area contributed by atoms with E-state index in [0.717, 1.165) is 11.5 Å². The Morgan fingerprint density at radius 1 is 0.967 bits per heavy atom. The predicted octanol–water partition coefficient (Wildman–Crippen LogP) is 3.07. The standard InChI is InChI=1S/C22H22ClN5O2/c1-15-20(16(2)28(25-15)18-6-4-3-5-7-18)21(29)22(30)27-12-10-26(11-13-27)19-9-8-17(23)14-24-19/h3-9,14H,10-13H2,1-2H3. The Labute approximate surface area is 179 Å². The maximum Gasteiger partial charge on any atom is 0.295 e. The van der Waals surface area contributed by atoms with Gasteiger partial charge in [-0.15, -0.1) is 0 Å². The summed E-state index contributed by atoms with van der Waals surface area (Å²) in [5.41, 5.74) is 2.46. The molecule has 0 radical (unpaired) electrons. The highest BCUT2D eigenvalue weighted by molar-refractivity contribution is 6.43. The third-order valence-electron chi connectivity index (χ3n) is 5.32. The molecule has 0 atom stereocenters. The summed E-state index contributed by atoms with van der Waals surface area (Å²) in [4.78, 5) is 34.0. The van der Waals surface area contributed by atoms with Crippen LogP contribution >= 0.6 is 11.6 Å². The van der Waals surface area contributed by atoms with Crippen molar-refractivity contribution in [2.24, 2.45) is 0 Å². The van der Waals surface area contributed by atoms with Crippen LogP contribution in [0.2, 0.25) is 5.02 Å². The molecule has 0 bridgehead atoms. The fourth-order valence-corrected chi connectivity index (χ4v) is 3.85. The van der Waals surface area contributed by atoms with Gasteiger partial charge in [0.25, 0.3) is 11.7 Å². The van der Waals surface area contributed by atoms with Gasteiger partial charge in [-0.05, 0) is 38.1 Å². The third-order valence-corrected chi connectivity index (χ3v) is 5.54. The van der Waals surface area contributed by atoms with Crippen LogP contribution in [-0.2, 0) is 4.79 Å². The molecule has 0 unspecified atom stereocenters. The van der Waals surface area contributed by atoms with Crippen molar-refractivity contribution >= 4 is 29.1 Å². The maximum absolute atomic E-state index is 13.0. The van der Waals surface area contributed by atoms with Crippen molar-refractivity contribution < 1.29 is 9.59 Å². The summed E-state index contributed by atoms with van der Waals surface area (Å²) in [6.07, 6.45) is 1.61. The number of aryl methyl sites for hydroxylation is 1. The molecule has 8 heteroatoms. The molecule has 1 aromatic carbocycles. The van der Waals surface area contributed by atoms with Crippen molar-refractivity contribution in [3.8, 4) is 5.69 Å². The Morgan fingerprint density at radius 3 is 2.30 bits per heavy atom. The summed E-state index contributed by atoms with van der Waals surface area (Å²) >= 11 is 5.90. The first-order chi connectivity index (χ1) is 14.5. The van der Waals surface area contributed by atoms with E-state index in [1.807, 2.05) is 43.3 Å². The fourth-order valence-electron chi connectivity index (χ4n) is 3.74. The van der Waals surface area contributed by atoms with E-state index in [9.17, 15) is 9.59 Å². The number of benzene rings is 1. The Morgan fingerprint density at radius 2 is 1.67 bits per heavy atom. The highest BCUT2D eigenvalue weighted by Crippen LogP contribution is 2.20. The summed E-state index contributed by atoms with van der Waals surface area (Å²) < 4.78 is 1.71. The Hall–Kier alpha value is -3.19. The molecule has 1 fully saturated rings. The van der Waals surface area contributed by atoms with E-state index >= 15 is 0 Å². The molecule has 0 N–H and O–H groups in total. The maximum atomic E-state index is 13.0. The lowest BCUT2D eigenvalue weighted by Gasteiger charge is -2.35. The lowest BCUT2D eigenvalue weighted by molar-refractivity contribution is -0.126. The van der Waals surface area contributed by atoms with Crippen LogP contribution < -0.4 is 4.90 Å². The number of rotatable bonds is 4. The normalized spacial score (nSPS) is 14.1. The quantitative estimate of drug-likeness (QED) is 0.476. The summed E-state index contributed by atoms with van der Waals surface area (Å²) in [6, 6.07) is 13.2. The molecule has 0 saturated carbocycles. The van der Waals surface area contributed by atoms with Crippen molar-refractivity contribution in [2.75, 3.05) is 31.1 Å². The second-order valence-corrected chi connectivity index (χ2v) is 7.67. The lowest BCUT2D eigenvalue weighted by Crippen LogP contribution is -2.51. The van der Waals surface area contributed by atoms with Crippen molar-refractivity contribution in [1.82, 2.24) is 19.7 Å². The number of piperazine rings is 1. The molecule has 4 rings (SSSR count). The monoisotopic (exact) mass is 423 g/mol. The minimum absolute atomic E-state index is 0.380. The van der Waals surface area contributed by atoms with E-state index in [1.54, 1.807) is 28.8 Å². The summed E-state index contributed by atoms with van der Waals surface area (Å²) in [7, 11) is 0. The number of hydrogen-bond donors (Lipinski definition) is 0. The molecule has 7 nitrogen and oxygen atoms in total. The van der Waals surface area contributed by atoms with Crippen LogP contribution in [0.25, 0.3) is 5.69 Å². The topological polar surface area (TPSA) is 71.3 Å². The molecule has 1 saturated heterocycles. The van der Waals surface area contributed by atoms with E-state index in [-0.39, 0.29) is 0 Å². The van der Waals surface area contributed by atoms with Crippen LogP contribution in [0.3, 0.4) is 0 Å². The van der Waals surface area contributed by atoms with E-state index in [2.05, 4.69) is 15.0 Å². The first-order valence-corrected chi connectivity index (χ1v) is 10.1. The van der Waals surface area contributed by atoms with E-state index in [0.29, 0.717) is 48.2 Å². The number of carbonyl (C=O) groups is 2. The number of halogens is 1. The van der Waals surface area contributed by atoms with Gasteiger partial charge in [0.05, 0.1) is 27.7 Å². The minimum Gasteiger partial charge on any atom is -0.353 e. The molecule has 3 aromatic rings. The highest BCUT2D eigenvalue weighted by atomic mass is 35.5.